The van der Waals surface area contributed by atoms with Gasteiger partial charge in [-0.25, -0.2) is 13.6 Å². The van der Waals surface area contributed by atoms with E-state index in [4.69, 9.17) is 5.11 Å². The number of halogens is 2. The molecule has 1 aromatic carbocycles. The molecule has 5 heteroatoms. The van der Waals surface area contributed by atoms with E-state index in [2.05, 4.69) is 5.32 Å². The van der Waals surface area contributed by atoms with Gasteiger partial charge in [-0.3, -0.25) is 0 Å². The van der Waals surface area contributed by atoms with Crippen molar-refractivity contribution in [1.29, 1.82) is 0 Å². The minimum atomic E-state index is -0.973. The van der Waals surface area contributed by atoms with Crippen LogP contribution in [0.4, 0.5) is 8.78 Å². The van der Waals surface area contributed by atoms with Crippen LogP contribution in [0, 0.1) is 11.6 Å². The highest BCUT2D eigenvalue weighted by Gasteiger charge is 2.02. The van der Waals surface area contributed by atoms with Crippen molar-refractivity contribution in [3.8, 4) is 0 Å². The highest BCUT2D eigenvalue weighted by Crippen LogP contribution is 2.08. The van der Waals surface area contributed by atoms with Crippen molar-refractivity contribution < 1.29 is 18.7 Å². The van der Waals surface area contributed by atoms with Gasteiger partial charge in [-0.1, -0.05) is 12.1 Å². The van der Waals surface area contributed by atoms with Crippen molar-refractivity contribution >= 4 is 5.97 Å². The summed E-state index contributed by atoms with van der Waals surface area (Å²) in [5.74, 6) is -2.74. The normalized spacial score (nSPS) is 11.6. The van der Waals surface area contributed by atoms with Crippen molar-refractivity contribution in [1.82, 2.24) is 5.32 Å². The fourth-order valence-electron chi connectivity index (χ4n) is 1.18. The average molecular weight is 241 g/mol. The van der Waals surface area contributed by atoms with Crippen LogP contribution in [0.5, 0.6) is 0 Å². The van der Waals surface area contributed by atoms with Gasteiger partial charge in [0.15, 0.2) is 11.6 Å². The zero-order valence-corrected chi connectivity index (χ0v) is 9.34. The van der Waals surface area contributed by atoms with Crippen LogP contribution < -0.4 is 5.32 Å². The van der Waals surface area contributed by atoms with Crippen LogP contribution in [-0.2, 0) is 11.3 Å². The molecule has 1 aromatic rings. The van der Waals surface area contributed by atoms with E-state index in [0.717, 1.165) is 12.1 Å². The molecular formula is C12H13F2NO2. The minimum Gasteiger partial charge on any atom is -0.478 e. The standard InChI is InChI=1S/C12H13F2NO2/c1-8(12(16)17)4-5-15-7-9-2-3-10(13)11(14)6-9/h2-4,6,15H,5,7H2,1H3,(H,16,17)/b8-4-. The number of hydrogen-bond acceptors (Lipinski definition) is 2. The van der Waals surface area contributed by atoms with Gasteiger partial charge in [-0.2, -0.15) is 0 Å². The van der Waals surface area contributed by atoms with Crippen molar-refractivity contribution in [2.45, 2.75) is 13.5 Å². The van der Waals surface area contributed by atoms with Crippen LogP contribution in [0.15, 0.2) is 29.8 Å². The SMILES string of the molecule is C/C(=C/CNCc1ccc(F)c(F)c1)C(=O)O. The molecule has 0 saturated heterocycles. The molecule has 0 unspecified atom stereocenters. The lowest BCUT2D eigenvalue weighted by Crippen LogP contribution is -2.14. The maximum Gasteiger partial charge on any atom is 0.330 e. The molecule has 0 aromatic heterocycles. The zero-order chi connectivity index (χ0) is 12.8. The maximum atomic E-state index is 12.8. The number of carbonyl (C=O) groups is 1. The Bertz CT molecular complexity index is 444. The molecule has 1 rings (SSSR count). The van der Waals surface area contributed by atoms with Crippen LogP contribution >= 0.6 is 0 Å². The smallest absolute Gasteiger partial charge is 0.330 e. The second-order valence-corrected chi connectivity index (χ2v) is 3.57. The van der Waals surface area contributed by atoms with Crippen LogP contribution in [0.3, 0.4) is 0 Å². The molecule has 0 aliphatic heterocycles. The highest BCUT2D eigenvalue weighted by molar-refractivity contribution is 5.85. The zero-order valence-electron chi connectivity index (χ0n) is 9.34. The van der Waals surface area contributed by atoms with Gasteiger partial charge in [0.1, 0.15) is 0 Å². The molecule has 0 heterocycles. The monoisotopic (exact) mass is 241 g/mol. The molecular weight excluding hydrogens is 228 g/mol. The Morgan fingerprint density at radius 1 is 1.41 bits per heavy atom. The molecule has 0 aliphatic rings. The molecule has 0 fully saturated rings. The van der Waals surface area contributed by atoms with Gasteiger partial charge in [0.25, 0.3) is 0 Å². The number of hydrogen-bond donors (Lipinski definition) is 2. The fourth-order valence-corrected chi connectivity index (χ4v) is 1.18. The van der Waals surface area contributed by atoms with E-state index in [1.807, 2.05) is 0 Å². The first kappa shape index (κ1) is 13.3. The third kappa shape index (κ3) is 4.32. The summed E-state index contributed by atoms with van der Waals surface area (Å²) in [6.07, 6.45) is 1.52. The Hall–Kier alpha value is -1.75. The third-order valence-corrected chi connectivity index (χ3v) is 2.20. The molecule has 0 radical (unpaired) electrons. The Labute approximate surface area is 97.8 Å². The first-order valence-electron chi connectivity index (χ1n) is 5.05. The first-order chi connectivity index (χ1) is 8.00. The van der Waals surface area contributed by atoms with E-state index < -0.39 is 17.6 Å². The molecule has 0 atom stereocenters. The molecule has 3 nitrogen and oxygen atoms in total. The maximum absolute atomic E-state index is 12.8. The Morgan fingerprint density at radius 3 is 2.71 bits per heavy atom. The Kier molecular flexibility index (Phi) is 4.78. The van der Waals surface area contributed by atoms with E-state index in [1.165, 1.54) is 19.1 Å². The summed E-state index contributed by atoms with van der Waals surface area (Å²) in [6.45, 7) is 2.19. The molecule has 0 amide bonds. The predicted molar refractivity (Wildman–Crippen MR) is 59.5 cm³/mol. The van der Waals surface area contributed by atoms with Gasteiger partial charge in [-0.05, 0) is 24.6 Å². The summed E-state index contributed by atoms with van der Waals surface area (Å²) in [4.78, 5) is 10.5. The lowest BCUT2D eigenvalue weighted by molar-refractivity contribution is -0.132. The van der Waals surface area contributed by atoms with Gasteiger partial charge in [0.05, 0.1) is 0 Å². The number of benzene rings is 1. The summed E-state index contributed by atoms with van der Waals surface area (Å²) >= 11 is 0. The summed E-state index contributed by atoms with van der Waals surface area (Å²) in [7, 11) is 0. The van der Waals surface area contributed by atoms with Gasteiger partial charge >= 0.3 is 5.97 Å². The highest BCUT2D eigenvalue weighted by atomic mass is 19.2. The van der Waals surface area contributed by atoms with E-state index in [-0.39, 0.29) is 5.57 Å². The summed E-state index contributed by atoms with van der Waals surface area (Å²) in [6, 6.07) is 3.64. The number of carboxylic acid groups (broad SMARTS) is 1. The predicted octanol–water partition coefficient (Wildman–Crippen LogP) is 2.09. The average Bonchev–Trinajstić information content (AvgIpc) is 2.28. The first-order valence-corrected chi connectivity index (χ1v) is 5.05. The largest absolute Gasteiger partial charge is 0.478 e. The molecule has 0 aliphatic carbocycles. The Morgan fingerprint density at radius 2 is 2.12 bits per heavy atom. The number of rotatable bonds is 5. The molecule has 0 spiro atoms. The van der Waals surface area contributed by atoms with Gasteiger partial charge in [0, 0.05) is 18.7 Å². The van der Waals surface area contributed by atoms with Gasteiger partial charge in [0.2, 0.25) is 0 Å². The molecule has 0 bridgehead atoms. The molecule has 2 N–H and O–H groups in total. The third-order valence-electron chi connectivity index (χ3n) is 2.20. The van der Waals surface area contributed by atoms with Crippen molar-refractivity contribution in [2.24, 2.45) is 0 Å². The summed E-state index contributed by atoms with van der Waals surface area (Å²) < 4.78 is 25.4. The van der Waals surface area contributed by atoms with E-state index in [1.54, 1.807) is 0 Å². The van der Waals surface area contributed by atoms with Crippen molar-refractivity contribution in [2.75, 3.05) is 6.54 Å². The van der Waals surface area contributed by atoms with Crippen molar-refractivity contribution in [3.05, 3.63) is 47.0 Å². The minimum absolute atomic E-state index is 0.239. The molecule has 17 heavy (non-hydrogen) atoms. The second-order valence-electron chi connectivity index (χ2n) is 3.57. The van der Waals surface area contributed by atoms with Crippen LogP contribution in [0.2, 0.25) is 0 Å². The lowest BCUT2D eigenvalue weighted by Gasteiger charge is -2.03. The van der Waals surface area contributed by atoms with Crippen LogP contribution in [-0.4, -0.2) is 17.6 Å². The topological polar surface area (TPSA) is 49.3 Å². The van der Waals surface area contributed by atoms with Crippen molar-refractivity contribution in [3.63, 3.8) is 0 Å². The number of nitrogens with one attached hydrogen (secondary N) is 1. The Balaban J connectivity index is 2.44. The number of carboxylic acids is 1. The molecule has 0 saturated carbocycles. The fraction of sp³-hybridized carbons (Fsp3) is 0.250. The molecule has 92 valence electrons. The number of aliphatic carboxylic acids is 1. The van der Waals surface area contributed by atoms with Crippen LogP contribution in [0.1, 0.15) is 12.5 Å². The summed E-state index contributed by atoms with van der Waals surface area (Å²) in [5, 5.41) is 11.5. The van der Waals surface area contributed by atoms with E-state index in [0.29, 0.717) is 18.7 Å². The second kappa shape index (κ2) is 6.10. The van der Waals surface area contributed by atoms with Crippen LogP contribution in [0.25, 0.3) is 0 Å². The van der Waals surface area contributed by atoms with E-state index in [9.17, 15) is 13.6 Å². The van der Waals surface area contributed by atoms with E-state index >= 15 is 0 Å². The van der Waals surface area contributed by atoms with Gasteiger partial charge in [-0.15, -0.1) is 0 Å². The van der Waals surface area contributed by atoms with Gasteiger partial charge < -0.3 is 10.4 Å². The lowest BCUT2D eigenvalue weighted by atomic mass is 10.2. The summed E-state index contributed by atoms with van der Waals surface area (Å²) in [5.41, 5.74) is 0.841. The quantitative estimate of drug-likeness (QED) is 0.613.